The molecule has 1 saturated heterocycles. The van der Waals surface area contributed by atoms with Crippen LogP contribution in [-0.2, 0) is 11.2 Å². The second kappa shape index (κ2) is 10.3. The Morgan fingerprint density at radius 3 is 2.65 bits per heavy atom. The van der Waals surface area contributed by atoms with Crippen molar-refractivity contribution in [2.45, 2.75) is 63.1 Å². The van der Waals surface area contributed by atoms with E-state index in [4.69, 9.17) is 13.1 Å². The highest BCUT2D eigenvalue weighted by Crippen LogP contribution is 2.24. The zero-order valence-electron chi connectivity index (χ0n) is 17.8. The Hall–Kier alpha value is -2.30. The Kier molecular flexibility index (Phi) is 7.31. The molecular weight excluding hydrogens is 403 g/mol. The highest BCUT2D eigenvalue weighted by atomic mass is 32.1. The second-order valence-electron chi connectivity index (χ2n) is 8.70. The van der Waals surface area contributed by atoms with Gasteiger partial charge in [-0.15, -0.1) is 11.3 Å². The minimum atomic E-state index is 0.0865. The number of anilines is 1. The number of benzene rings is 1. The molecule has 1 saturated carbocycles. The van der Waals surface area contributed by atoms with Crippen molar-refractivity contribution >= 4 is 36.2 Å². The van der Waals surface area contributed by atoms with Crippen LogP contribution in [0.5, 0.6) is 0 Å². The lowest BCUT2D eigenvalue weighted by Gasteiger charge is -2.40. The molecule has 2 N–H and O–H groups in total. The molecule has 5 nitrogen and oxygen atoms in total. The monoisotopic (exact) mass is 432 g/mol. The van der Waals surface area contributed by atoms with E-state index in [9.17, 15) is 4.79 Å². The predicted octanol–water partition coefficient (Wildman–Crippen LogP) is 2.64. The summed E-state index contributed by atoms with van der Waals surface area (Å²) in [6.07, 6.45) is 7.20. The van der Waals surface area contributed by atoms with Gasteiger partial charge < -0.3 is 15.5 Å². The summed E-state index contributed by atoms with van der Waals surface area (Å²) >= 11 is 1.54. The molecule has 2 aromatic rings. The van der Waals surface area contributed by atoms with Crippen molar-refractivity contribution in [3.63, 3.8) is 0 Å². The summed E-state index contributed by atoms with van der Waals surface area (Å²) in [6.45, 7) is 2.00. The van der Waals surface area contributed by atoms with Gasteiger partial charge in [-0.05, 0) is 55.3 Å². The van der Waals surface area contributed by atoms with Gasteiger partial charge in [0.05, 0.1) is 18.1 Å². The summed E-state index contributed by atoms with van der Waals surface area (Å²) in [5, 5.41) is 18.1. The number of amides is 1. The van der Waals surface area contributed by atoms with Gasteiger partial charge in [-0.25, -0.2) is 0 Å². The molecule has 160 valence electrons. The molecule has 0 bridgehead atoms. The van der Waals surface area contributed by atoms with Crippen molar-refractivity contribution in [3.8, 4) is 6.07 Å². The number of thiophene rings is 1. The minimum Gasteiger partial charge on any atom is -0.370 e. The van der Waals surface area contributed by atoms with Crippen LogP contribution in [0.1, 0.15) is 49.0 Å². The average Bonchev–Trinajstić information content (AvgIpc) is 3.19. The molecule has 0 unspecified atom stereocenters. The number of nitriles is 1. The van der Waals surface area contributed by atoms with E-state index in [1.807, 2.05) is 35.7 Å². The molecule has 2 heterocycles. The van der Waals surface area contributed by atoms with E-state index in [1.54, 1.807) is 11.3 Å². The van der Waals surface area contributed by atoms with E-state index in [0.29, 0.717) is 24.1 Å². The Balaban J connectivity index is 1.33. The van der Waals surface area contributed by atoms with E-state index in [1.165, 1.54) is 12.1 Å². The molecule has 7 heteroatoms. The molecule has 1 aromatic heterocycles. The molecule has 0 spiro atoms. The van der Waals surface area contributed by atoms with Gasteiger partial charge in [-0.1, -0.05) is 24.4 Å². The third kappa shape index (κ3) is 5.90. The van der Waals surface area contributed by atoms with E-state index < -0.39 is 0 Å². The quantitative estimate of drug-likeness (QED) is 0.689. The predicted molar refractivity (Wildman–Crippen MR) is 127 cm³/mol. The molecule has 1 aliphatic heterocycles. The maximum Gasteiger partial charge on any atom is 0.225 e. The summed E-state index contributed by atoms with van der Waals surface area (Å²) in [5.41, 5.74) is 2.60. The molecule has 1 aliphatic carbocycles. The fourth-order valence-electron chi connectivity index (χ4n) is 4.81. The van der Waals surface area contributed by atoms with Crippen LogP contribution in [-0.4, -0.2) is 45.0 Å². The fraction of sp³-hybridized carbons (Fsp3) is 0.500. The fourth-order valence-corrected chi connectivity index (χ4v) is 5.58. The van der Waals surface area contributed by atoms with Crippen molar-refractivity contribution < 1.29 is 4.79 Å². The van der Waals surface area contributed by atoms with E-state index >= 15 is 0 Å². The third-order valence-electron chi connectivity index (χ3n) is 6.35. The highest BCUT2D eigenvalue weighted by molar-refractivity contribution is 7.11. The summed E-state index contributed by atoms with van der Waals surface area (Å²) in [6, 6.07) is 12.8. The van der Waals surface area contributed by atoms with Crippen LogP contribution in [0.4, 0.5) is 5.69 Å². The Morgan fingerprint density at radius 2 is 1.94 bits per heavy atom. The topological polar surface area (TPSA) is 68.2 Å². The van der Waals surface area contributed by atoms with Crippen LogP contribution in [0.2, 0.25) is 0 Å². The molecule has 2 fully saturated rings. The van der Waals surface area contributed by atoms with Crippen LogP contribution >= 0.6 is 11.3 Å². The van der Waals surface area contributed by atoms with E-state index in [2.05, 4.69) is 21.6 Å². The van der Waals surface area contributed by atoms with Crippen LogP contribution in [0, 0.1) is 11.3 Å². The molecule has 2 radical (unpaired) electrons. The summed E-state index contributed by atoms with van der Waals surface area (Å²) < 4.78 is 0. The van der Waals surface area contributed by atoms with Gasteiger partial charge in [0.2, 0.25) is 5.91 Å². The number of hydrogen-bond donors (Lipinski definition) is 2. The van der Waals surface area contributed by atoms with Crippen LogP contribution in [0.25, 0.3) is 0 Å². The van der Waals surface area contributed by atoms with E-state index in [0.717, 1.165) is 55.5 Å². The van der Waals surface area contributed by atoms with Gasteiger partial charge >= 0.3 is 0 Å². The van der Waals surface area contributed by atoms with Gasteiger partial charge in [0.25, 0.3) is 0 Å². The van der Waals surface area contributed by atoms with Crippen LogP contribution < -0.4 is 21.0 Å². The zero-order valence-corrected chi connectivity index (χ0v) is 18.7. The van der Waals surface area contributed by atoms with E-state index in [-0.39, 0.29) is 11.9 Å². The standard InChI is InChI=1S/C24H29BN4OS/c25-18-12-21(31-16-18)13-24(30)28-23-6-2-1-5-22(23)27-19-4-3-11-29(15-19)20-9-7-17(14-26)8-10-20/h7-10,12,16,19,22-23,27H,1-6,11,13,15H2,(H,28,30)/t19-,22+,23+/m0/s1. The molecular formula is C24H29BN4OS. The van der Waals surface area contributed by atoms with Crippen LogP contribution in [0.3, 0.4) is 0 Å². The van der Waals surface area contributed by atoms with Crippen molar-refractivity contribution in [1.82, 2.24) is 10.6 Å². The Bertz CT molecular complexity index is 922. The number of carbonyl (C=O) groups is 1. The molecule has 31 heavy (non-hydrogen) atoms. The number of piperidine rings is 1. The Morgan fingerprint density at radius 1 is 1.16 bits per heavy atom. The van der Waals surface area contributed by atoms with Crippen molar-refractivity contribution in [2.75, 3.05) is 18.0 Å². The maximum atomic E-state index is 12.6. The van der Waals surface area contributed by atoms with Gasteiger partial charge in [-0.2, -0.15) is 5.26 Å². The van der Waals surface area contributed by atoms with Gasteiger partial charge in [0, 0.05) is 41.8 Å². The van der Waals surface area contributed by atoms with Crippen molar-refractivity contribution in [1.29, 1.82) is 5.26 Å². The molecule has 1 amide bonds. The minimum absolute atomic E-state index is 0.0865. The normalized spacial score (nSPS) is 23.8. The lowest BCUT2D eigenvalue weighted by molar-refractivity contribution is -0.121. The van der Waals surface area contributed by atoms with Gasteiger partial charge in [0.1, 0.15) is 7.85 Å². The summed E-state index contributed by atoms with van der Waals surface area (Å²) in [5.74, 6) is 0.0865. The SMILES string of the molecule is [B]c1csc(CC(=O)N[C@@H]2CCCC[C@H]2N[C@H]2CCCN(c3ccc(C#N)cc3)C2)c1. The maximum absolute atomic E-state index is 12.6. The molecule has 4 rings (SSSR count). The number of rotatable bonds is 6. The lowest BCUT2D eigenvalue weighted by atomic mass is 9.88. The lowest BCUT2D eigenvalue weighted by Crippen LogP contribution is -2.57. The first-order valence-electron chi connectivity index (χ1n) is 11.2. The summed E-state index contributed by atoms with van der Waals surface area (Å²) in [7, 11) is 5.78. The first-order chi connectivity index (χ1) is 15.1. The highest BCUT2D eigenvalue weighted by Gasteiger charge is 2.30. The Labute approximate surface area is 190 Å². The molecule has 2 aliphatic rings. The first-order valence-corrected chi connectivity index (χ1v) is 12.1. The zero-order chi connectivity index (χ0) is 21.6. The summed E-state index contributed by atoms with van der Waals surface area (Å²) in [4.78, 5) is 16.0. The van der Waals surface area contributed by atoms with Gasteiger partial charge in [0.15, 0.2) is 0 Å². The number of carbonyl (C=O) groups excluding carboxylic acids is 1. The second-order valence-corrected chi connectivity index (χ2v) is 9.69. The number of hydrogen-bond acceptors (Lipinski definition) is 5. The first kappa shape index (κ1) is 21.9. The third-order valence-corrected chi connectivity index (χ3v) is 7.31. The van der Waals surface area contributed by atoms with Crippen molar-refractivity contribution in [3.05, 3.63) is 46.2 Å². The smallest absolute Gasteiger partial charge is 0.225 e. The largest absolute Gasteiger partial charge is 0.370 e. The van der Waals surface area contributed by atoms with Gasteiger partial charge in [-0.3, -0.25) is 4.79 Å². The number of nitrogens with one attached hydrogen (secondary N) is 2. The van der Waals surface area contributed by atoms with Crippen LogP contribution in [0.15, 0.2) is 35.7 Å². The number of nitrogens with zero attached hydrogens (tertiary/aromatic N) is 2. The average molecular weight is 432 g/mol. The molecule has 3 atom stereocenters. The van der Waals surface area contributed by atoms with Crippen molar-refractivity contribution in [2.24, 2.45) is 0 Å². The molecule has 1 aromatic carbocycles.